The normalized spacial score (nSPS) is 25.7. The number of rotatable bonds is 10. The average Bonchev–Trinajstić information content (AvgIpc) is 3.30. The molecular formula is C40H61BN2O10. The van der Waals surface area contributed by atoms with E-state index in [-0.39, 0.29) is 43.7 Å². The lowest BCUT2D eigenvalue weighted by molar-refractivity contribution is -0.199. The summed E-state index contributed by atoms with van der Waals surface area (Å²) in [6, 6.07) is 2.55. The molecule has 12 nitrogen and oxygen atoms in total. The van der Waals surface area contributed by atoms with Gasteiger partial charge in [0.1, 0.15) is 40.3 Å². The summed E-state index contributed by atoms with van der Waals surface area (Å²) in [7, 11) is -0.317. The highest BCUT2D eigenvalue weighted by atomic mass is 16.7. The number of carbonyl (C=O) groups excluding carboxylic acids is 4. The van der Waals surface area contributed by atoms with E-state index < -0.39 is 52.9 Å². The second-order valence-electron chi connectivity index (χ2n) is 19.1. The molecule has 0 radical (unpaired) electrons. The van der Waals surface area contributed by atoms with Gasteiger partial charge in [-0.15, -0.1) is 0 Å². The fourth-order valence-electron chi connectivity index (χ4n) is 8.32. The zero-order valence-corrected chi connectivity index (χ0v) is 34.1. The van der Waals surface area contributed by atoms with Crippen LogP contribution < -0.4 is 10.1 Å². The molecule has 2 bridgehead atoms. The topological polar surface area (TPSA) is 139 Å². The van der Waals surface area contributed by atoms with Gasteiger partial charge in [-0.3, -0.25) is 9.59 Å². The first-order chi connectivity index (χ1) is 24.3. The van der Waals surface area contributed by atoms with Crippen molar-refractivity contribution in [3.8, 4) is 5.75 Å². The van der Waals surface area contributed by atoms with E-state index in [0.29, 0.717) is 35.9 Å². The van der Waals surface area contributed by atoms with Crippen LogP contribution in [-0.4, -0.2) is 89.7 Å². The van der Waals surface area contributed by atoms with E-state index in [9.17, 15) is 19.2 Å². The van der Waals surface area contributed by atoms with Gasteiger partial charge in [0.2, 0.25) is 5.91 Å². The van der Waals surface area contributed by atoms with Gasteiger partial charge in [-0.25, -0.2) is 9.59 Å². The van der Waals surface area contributed by atoms with Crippen LogP contribution in [0.4, 0.5) is 4.79 Å². The third-order valence-corrected chi connectivity index (χ3v) is 11.0. The number of alkyl carbamates (subject to hydrolysis) is 1. The third kappa shape index (κ3) is 9.32. The van der Waals surface area contributed by atoms with Gasteiger partial charge in [-0.1, -0.05) is 19.9 Å². The summed E-state index contributed by atoms with van der Waals surface area (Å²) in [4.78, 5) is 54.1. The largest absolute Gasteiger partial charge is 0.486 e. The second-order valence-corrected chi connectivity index (χ2v) is 19.1. The van der Waals surface area contributed by atoms with E-state index in [1.165, 1.54) is 11.3 Å². The predicted octanol–water partition coefficient (Wildman–Crippen LogP) is 6.44. The zero-order valence-electron chi connectivity index (χ0n) is 34.1. The number of aryl methyl sites for hydroxylation is 1. The number of amides is 2. The Morgan fingerprint density at radius 3 is 2.13 bits per heavy atom. The molecular weight excluding hydrogens is 679 g/mol. The molecule has 5 atom stereocenters. The van der Waals surface area contributed by atoms with Gasteiger partial charge in [0.15, 0.2) is 0 Å². The number of esters is 2. The number of hydrogen-bond acceptors (Lipinski definition) is 10. The fourth-order valence-corrected chi connectivity index (χ4v) is 8.32. The molecule has 1 N–H and O–H groups in total. The van der Waals surface area contributed by atoms with E-state index in [1.807, 2.05) is 33.8 Å². The van der Waals surface area contributed by atoms with Crippen LogP contribution in [0.15, 0.2) is 12.1 Å². The molecule has 2 heterocycles. The summed E-state index contributed by atoms with van der Waals surface area (Å²) in [6.45, 7) is 24.9. The first kappa shape index (κ1) is 40.9. The van der Waals surface area contributed by atoms with Crippen LogP contribution in [0.1, 0.15) is 124 Å². The molecule has 3 saturated carbocycles. The Hall–Kier alpha value is -3.32. The standard InChI is InChI=1S/C40H61BN2O10/c1-23-24(16-17-41-52-30-19-25-18-29(39(25,11)12)40(30,13)53-41)14-15-28(32(23)34(46)50-37(5,6)7)48-26-21-43(22-26)33(45)27(20-31(44)49-36(2,3)4)42-35(47)51-38(8,9)10/h14-15,25-27,29-30H,16-22H2,1-13H3,(H,42,47)/t25-,27+,29-,30+,40-/m0/s1. The molecule has 0 aromatic heterocycles. The highest BCUT2D eigenvalue weighted by Crippen LogP contribution is 2.65. The van der Waals surface area contributed by atoms with Gasteiger partial charge in [-0.2, -0.15) is 0 Å². The smallest absolute Gasteiger partial charge is 0.457 e. The number of nitrogens with one attached hydrogen (secondary N) is 1. The van der Waals surface area contributed by atoms with E-state index in [1.54, 1.807) is 47.6 Å². The predicted molar refractivity (Wildman–Crippen MR) is 200 cm³/mol. The maximum absolute atomic E-state index is 13.7. The lowest BCUT2D eigenvalue weighted by Crippen LogP contribution is -2.65. The van der Waals surface area contributed by atoms with Gasteiger partial charge in [-0.05, 0) is 136 Å². The molecule has 2 saturated heterocycles. The number of carbonyl (C=O) groups is 4. The Morgan fingerprint density at radius 2 is 1.55 bits per heavy atom. The molecule has 0 unspecified atom stereocenters. The van der Waals surface area contributed by atoms with Crippen molar-refractivity contribution in [2.75, 3.05) is 13.1 Å². The third-order valence-electron chi connectivity index (χ3n) is 11.0. The minimum Gasteiger partial charge on any atom is -0.486 e. The SMILES string of the molecule is Cc1c(CCB2O[C@@H]3C[C@@H]4C[C@@H](C4(C)C)[C@]3(C)O2)ccc(OC2CN(C(=O)[C@@H](CC(=O)OC(C)(C)C)NC(=O)OC(C)(C)C)C2)c1C(=O)OC(C)(C)C. The summed E-state index contributed by atoms with van der Waals surface area (Å²) in [5, 5.41) is 2.55. The molecule has 1 aromatic carbocycles. The van der Waals surface area contributed by atoms with Crippen molar-refractivity contribution in [3.05, 3.63) is 28.8 Å². The van der Waals surface area contributed by atoms with Gasteiger partial charge in [0.05, 0.1) is 31.2 Å². The number of hydrogen-bond donors (Lipinski definition) is 1. The monoisotopic (exact) mass is 740 g/mol. The van der Waals surface area contributed by atoms with Crippen LogP contribution in [0, 0.1) is 24.2 Å². The van der Waals surface area contributed by atoms with Crippen LogP contribution in [0.25, 0.3) is 0 Å². The summed E-state index contributed by atoms with van der Waals surface area (Å²) in [6.07, 6.45) is 2.00. The molecule has 53 heavy (non-hydrogen) atoms. The fraction of sp³-hybridized carbons (Fsp3) is 0.750. The number of nitrogens with zero attached hydrogens (tertiary/aromatic N) is 1. The molecule has 5 aliphatic rings. The molecule has 0 spiro atoms. The van der Waals surface area contributed by atoms with Crippen LogP contribution in [0.5, 0.6) is 5.75 Å². The molecule has 1 aromatic rings. The van der Waals surface area contributed by atoms with Crippen molar-refractivity contribution in [2.45, 2.75) is 163 Å². The first-order valence-corrected chi connectivity index (χ1v) is 19.1. The Kier molecular flexibility index (Phi) is 11.1. The van der Waals surface area contributed by atoms with E-state index >= 15 is 0 Å². The van der Waals surface area contributed by atoms with Crippen molar-refractivity contribution in [2.24, 2.45) is 17.3 Å². The van der Waals surface area contributed by atoms with Gasteiger partial charge in [0.25, 0.3) is 0 Å². The van der Waals surface area contributed by atoms with Crippen molar-refractivity contribution >= 4 is 31.1 Å². The summed E-state index contributed by atoms with van der Waals surface area (Å²) < 4.78 is 36.1. The highest BCUT2D eigenvalue weighted by Gasteiger charge is 2.67. The molecule has 2 aliphatic heterocycles. The van der Waals surface area contributed by atoms with E-state index in [4.69, 9.17) is 28.3 Å². The molecule has 2 amide bonds. The minimum absolute atomic E-state index is 0.105. The Bertz CT molecular complexity index is 1550. The quantitative estimate of drug-likeness (QED) is 0.162. The zero-order chi connectivity index (χ0) is 39.5. The highest BCUT2D eigenvalue weighted by molar-refractivity contribution is 6.45. The molecule has 13 heteroatoms. The van der Waals surface area contributed by atoms with Crippen LogP contribution in [-0.2, 0) is 39.5 Å². The van der Waals surface area contributed by atoms with Gasteiger partial charge in [0, 0.05) is 0 Å². The van der Waals surface area contributed by atoms with Crippen molar-refractivity contribution in [1.29, 1.82) is 0 Å². The van der Waals surface area contributed by atoms with Gasteiger partial charge < -0.3 is 38.5 Å². The van der Waals surface area contributed by atoms with Gasteiger partial charge >= 0.3 is 25.2 Å². The van der Waals surface area contributed by atoms with Crippen molar-refractivity contribution in [3.63, 3.8) is 0 Å². The molecule has 6 rings (SSSR count). The number of ether oxygens (including phenoxy) is 4. The van der Waals surface area contributed by atoms with Crippen LogP contribution >= 0.6 is 0 Å². The van der Waals surface area contributed by atoms with Crippen LogP contribution in [0.2, 0.25) is 6.32 Å². The van der Waals surface area contributed by atoms with Crippen LogP contribution in [0.3, 0.4) is 0 Å². The average molecular weight is 741 g/mol. The minimum atomic E-state index is -1.20. The first-order valence-electron chi connectivity index (χ1n) is 19.1. The second kappa shape index (κ2) is 14.4. The van der Waals surface area contributed by atoms with Crippen molar-refractivity contribution in [1.82, 2.24) is 10.2 Å². The lowest BCUT2D eigenvalue weighted by atomic mass is 9.43. The summed E-state index contributed by atoms with van der Waals surface area (Å²) in [5.74, 6) is -0.0677. The lowest BCUT2D eigenvalue weighted by Gasteiger charge is -2.64. The maximum Gasteiger partial charge on any atom is 0.457 e. The van der Waals surface area contributed by atoms with E-state index in [0.717, 1.165) is 17.5 Å². The maximum atomic E-state index is 13.7. The summed E-state index contributed by atoms with van der Waals surface area (Å²) >= 11 is 0. The summed E-state index contributed by atoms with van der Waals surface area (Å²) in [5.41, 5.74) is -0.241. The number of benzene rings is 1. The van der Waals surface area contributed by atoms with Crippen molar-refractivity contribution < 1.29 is 47.4 Å². The van der Waals surface area contributed by atoms with E-state index in [2.05, 4.69) is 26.1 Å². The molecule has 3 aliphatic carbocycles. The Morgan fingerprint density at radius 1 is 0.925 bits per heavy atom. The Labute approximate surface area is 315 Å². The number of likely N-dealkylation sites (tertiary alicyclic amines) is 1. The molecule has 294 valence electrons. The Balaban J connectivity index is 1.26. The molecule has 5 fully saturated rings.